The van der Waals surface area contributed by atoms with Crippen LogP contribution in [0.4, 0.5) is 0 Å². The summed E-state index contributed by atoms with van der Waals surface area (Å²) in [4.78, 5) is 10.9. The maximum absolute atomic E-state index is 10.9. The second kappa shape index (κ2) is 6.33. The molecule has 0 saturated heterocycles. The molecule has 1 aromatic rings. The fourth-order valence-corrected chi connectivity index (χ4v) is 1.68. The van der Waals surface area contributed by atoms with Crippen molar-refractivity contribution < 1.29 is 9.53 Å². The van der Waals surface area contributed by atoms with E-state index in [0.29, 0.717) is 17.0 Å². The van der Waals surface area contributed by atoms with Crippen LogP contribution in [0.1, 0.15) is 25.3 Å². The van der Waals surface area contributed by atoms with Crippen molar-refractivity contribution in [1.82, 2.24) is 0 Å². The Morgan fingerprint density at radius 2 is 2.00 bits per heavy atom. The Bertz CT molecular complexity index is 379. The monoisotopic (exact) mass is 238 g/mol. The van der Waals surface area contributed by atoms with Crippen LogP contribution in [0.5, 0.6) is 5.75 Å². The minimum Gasteiger partial charge on any atom is -0.497 e. The van der Waals surface area contributed by atoms with Crippen molar-refractivity contribution in [3.05, 3.63) is 35.4 Å². The molecule has 0 N–H and O–H groups in total. The number of allylic oxidation sites excluding steroid dienone is 1. The molecule has 0 aliphatic rings. The van der Waals surface area contributed by atoms with E-state index >= 15 is 0 Å². The van der Waals surface area contributed by atoms with Gasteiger partial charge in [-0.1, -0.05) is 24.9 Å². The Labute approximate surface area is 101 Å². The third kappa shape index (κ3) is 3.11. The Hall–Kier alpha value is -1.28. The van der Waals surface area contributed by atoms with Gasteiger partial charge >= 0.3 is 0 Å². The first-order chi connectivity index (χ1) is 7.72. The van der Waals surface area contributed by atoms with E-state index in [-0.39, 0.29) is 0 Å². The normalized spacial score (nSPS) is 11.9. The topological polar surface area (TPSA) is 26.3 Å². The molecule has 16 heavy (non-hydrogen) atoms. The van der Waals surface area contributed by atoms with Gasteiger partial charge in [0.05, 0.1) is 12.1 Å². The smallest absolute Gasteiger partial charge is 0.147 e. The summed E-state index contributed by atoms with van der Waals surface area (Å²) >= 11 is 6.15. The minimum absolute atomic E-state index is 0.527. The van der Waals surface area contributed by atoms with Crippen molar-refractivity contribution in [3.63, 3.8) is 0 Å². The zero-order valence-electron chi connectivity index (χ0n) is 9.50. The van der Waals surface area contributed by atoms with Gasteiger partial charge < -0.3 is 4.74 Å². The molecule has 0 spiro atoms. The third-order valence-corrected chi connectivity index (χ3v) is 2.75. The Kier molecular flexibility index (Phi) is 5.06. The lowest BCUT2D eigenvalue weighted by atomic mass is 10.1. The Morgan fingerprint density at radius 3 is 2.44 bits per heavy atom. The standard InChI is InChI=1S/C13H15ClO2/c1-3-4-11(9-15)13(14)10-5-7-12(16-2)8-6-10/h5-9H,3-4H2,1-2H3/b13-11-. The number of aldehydes is 1. The highest BCUT2D eigenvalue weighted by Crippen LogP contribution is 2.26. The molecule has 1 aromatic carbocycles. The number of rotatable bonds is 5. The largest absolute Gasteiger partial charge is 0.497 e. The highest BCUT2D eigenvalue weighted by atomic mass is 35.5. The zero-order valence-corrected chi connectivity index (χ0v) is 10.3. The molecule has 0 heterocycles. The maximum atomic E-state index is 10.9. The molecular formula is C13H15ClO2. The molecule has 0 bridgehead atoms. The second-order valence-corrected chi connectivity index (χ2v) is 3.81. The quantitative estimate of drug-likeness (QED) is 0.578. The van der Waals surface area contributed by atoms with Gasteiger partial charge in [0.1, 0.15) is 12.0 Å². The fraction of sp³-hybridized carbons (Fsp3) is 0.308. The van der Waals surface area contributed by atoms with Crippen molar-refractivity contribution >= 4 is 22.9 Å². The van der Waals surface area contributed by atoms with Gasteiger partial charge in [0, 0.05) is 5.57 Å². The van der Waals surface area contributed by atoms with E-state index in [2.05, 4.69) is 0 Å². The van der Waals surface area contributed by atoms with Gasteiger partial charge in [-0.15, -0.1) is 0 Å². The number of hydrogen-bond donors (Lipinski definition) is 0. The number of carbonyl (C=O) groups excluding carboxylic acids is 1. The molecule has 86 valence electrons. The highest BCUT2D eigenvalue weighted by molar-refractivity contribution is 6.50. The predicted octanol–water partition coefficient (Wildman–Crippen LogP) is 3.64. The van der Waals surface area contributed by atoms with Crippen LogP contribution >= 0.6 is 11.6 Å². The Morgan fingerprint density at radius 1 is 1.38 bits per heavy atom. The molecule has 0 saturated carbocycles. The molecule has 0 atom stereocenters. The molecular weight excluding hydrogens is 224 g/mol. The number of carbonyl (C=O) groups is 1. The summed E-state index contributed by atoms with van der Waals surface area (Å²) in [7, 11) is 1.61. The summed E-state index contributed by atoms with van der Waals surface area (Å²) in [5, 5.41) is 0.527. The Balaban J connectivity index is 3.01. The first kappa shape index (κ1) is 12.8. The van der Waals surface area contributed by atoms with E-state index in [1.165, 1.54) is 0 Å². The molecule has 3 heteroatoms. The van der Waals surface area contributed by atoms with Gasteiger partial charge in [0.25, 0.3) is 0 Å². The third-order valence-electron chi connectivity index (χ3n) is 2.29. The number of methoxy groups -OCH3 is 1. The van der Waals surface area contributed by atoms with Gasteiger partial charge in [-0.25, -0.2) is 0 Å². The fourth-order valence-electron chi connectivity index (χ4n) is 1.41. The van der Waals surface area contributed by atoms with E-state index in [4.69, 9.17) is 16.3 Å². The zero-order chi connectivity index (χ0) is 12.0. The molecule has 0 aliphatic heterocycles. The molecule has 0 radical (unpaired) electrons. The van der Waals surface area contributed by atoms with Gasteiger partial charge in [0.2, 0.25) is 0 Å². The number of ether oxygens (including phenoxy) is 1. The van der Waals surface area contributed by atoms with Gasteiger partial charge in [-0.3, -0.25) is 4.79 Å². The number of benzene rings is 1. The molecule has 0 amide bonds. The van der Waals surface area contributed by atoms with Crippen LogP contribution in [-0.4, -0.2) is 13.4 Å². The molecule has 0 unspecified atom stereocenters. The number of halogens is 1. The van der Waals surface area contributed by atoms with Gasteiger partial charge in [0.15, 0.2) is 0 Å². The van der Waals surface area contributed by atoms with Crippen LogP contribution in [0.3, 0.4) is 0 Å². The number of hydrogen-bond acceptors (Lipinski definition) is 2. The van der Waals surface area contributed by atoms with Crippen molar-refractivity contribution in [2.45, 2.75) is 19.8 Å². The average molecular weight is 239 g/mol. The molecule has 0 aliphatic carbocycles. The molecule has 2 nitrogen and oxygen atoms in total. The van der Waals surface area contributed by atoms with Gasteiger partial charge in [-0.05, 0) is 36.2 Å². The summed E-state index contributed by atoms with van der Waals surface area (Å²) in [6.07, 6.45) is 2.44. The lowest BCUT2D eigenvalue weighted by molar-refractivity contribution is -0.105. The van der Waals surface area contributed by atoms with E-state index in [9.17, 15) is 4.79 Å². The van der Waals surface area contributed by atoms with Crippen LogP contribution in [0, 0.1) is 0 Å². The molecule has 1 rings (SSSR count). The molecule has 0 aromatic heterocycles. The summed E-state index contributed by atoms with van der Waals surface area (Å²) in [5.41, 5.74) is 1.49. The highest BCUT2D eigenvalue weighted by Gasteiger charge is 2.05. The second-order valence-electron chi connectivity index (χ2n) is 3.44. The summed E-state index contributed by atoms with van der Waals surface area (Å²) in [6.45, 7) is 2.02. The van der Waals surface area contributed by atoms with Crippen LogP contribution < -0.4 is 4.74 Å². The average Bonchev–Trinajstić information content (AvgIpc) is 2.35. The maximum Gasteiger partial charge on any atom is 0.147 e. The van der Waals surface area contributed by atoms with Crippen molar-refractivity contribution in [2.75, 3.05) is 7.11 Å². The van der Waals surface area contributed by atoms with Crippen LogP contribution in [0.15, 0.2) is 29.8 Å². The summed E-state index contributed by atoms with van der Waals surface area (Å²) < 4.78 is 5.05. The van der Waals surface area contributed by atoms with Crippen molar-refractivity contribution in [3.8, 4) is 5.75 Å². The first-order valence-corrected chi connectivity index (χ1v) is 5.59. The van der Waals surface area contributed by atoms with Crippen molar-refractivity contribution in [2.24, 2.45) is 0 Å². The van der Waals surface area contributed by atoms with E-state index in [1.54, 1.807) is 7.11 Å². The SMILES string of the molecule is CCC/C(C=O)=C(/Cl)c1ccc(OC)cc1. The summed E-state index contributed by atoms with van der Waals surface area (Å²) in [5.74, 6) is 0.774. The van der Waals surface area contributed by atoms with Gasteiger partial charge in [-0.2, -0.15) is 0 Å². The van der Waals surface area contributed by atoms with Crippen LogP contribution in [0.25, 0.3) is 5.03 Å². The van der Waals surface area contributed by atoms with Crippen molar-refractivity contribution in [1.29, 1.82) is 0 Å². The first-order valence-electron chi connectivity index (χ1n) is 5.21. The van der Waals surface area contributed by atoms with E-state index in [0.717, 1.165) is 24.0 Å². The van der Waals surface area contributed by atoms with Crippen LogP contribution in [-0.2, 0) is 4.79 Å². The minimum atomic E-state index is 0.527. The molecule has 0 fully saturated rings. The summed E-state index contributed by atoms with van der Waals surface area (Å²) in [6, 6.07) is 7.35. The van der Waals surface area contributed by atoms with E-state index in [1.807, 2.05) is 31.2 Å². The van der Waals surface area contributed by atoms with Crippen LogP contribution in [0.2, 0.25) is 0 Å². The van der Waals surface area contributed by atoms with E-state index < -0.39 is 0 Å². The predicted molar refractivity (Wildman–Crippen MR) is 66.7 cm³/mol. The lowest BCUT2D eigenvalue weighted by Crippen LogP contribution is -1.90. The lowest BCUT2D eigenvalue weighted by Gasteiger charge is -2.05.